The van der Waals surface area contributed by atoms with Gasteiger partial charge in [0.1, 0.15) is 0 Å². The number of rotatable bonds is 9. The number of nitrogens with one attached hydrogen (secondary N) is 1. The molecule has 0 fully saturated rings. The summed E-state index contributed by atoms with van der Waals surface area (Å²) in [6, 6.07) is 12.5. The minimum atomic E-state index is -0.790. The summed E-state index contributed by atoms with van der Waals surface area (Å²) in [6.07, 6.45) is 0.0992. The molecule has 0 bridgehead atoms. The third-order valence-corrected chi connectivity index (χ3v) is 4.59. The van der Waals surface area contributed by atoms with Gasteiger partial charge in [-0.15, -0.1) is 0 Å². The Balaban J connectivity index is 2.07. The molecule has 0 aromatic heterocycles. The minimum Gasteiger partial charge on any atom is -0.454 e. The van der Waals surface area contributed by atoms with Crippen molar-refractivity contribution in [1.82, 2.24) is 0 Å². The second-order valence-corrected chi connectivity index (χ2v) is 6.86. The lowest BCUT2D eigenvalue weighted by Gasteiger charge is -2.15. The summed E-state index contributed by atoms with van der Waals surface area (Å²) >= 11 is 12.4. The summed E-state index contributed by atoms with van der Waals surface area (Å²) < 4.78 is 5.26. The maximum Gasteiger partial charge on any atom is 0.311 e. The fraction of sp³-hybridized carbons (Fsp3) is 0.300. The summed E-state index contributed by atoms with van der Waals surface area (Å²) in [4.78, 5) is 24.2. The molecule has 2 aromatic rings. The monoisotopic (exact) mass is 408 g/mol. The number of nitrogens with two attached hydrogens (primary N) is 1. The lowest BCUT2D eigenvalue weighted by molar-refractivity contribution is -0.153. The zero-order chi connectivity index (χ0) is 19.8. The largest absolute Gasteiger partial charge is 0.454 e. The summed E-state index contributed by atoms with van der Waals surface area (Å²) in [5, 5.41) is 4.11. The summed E-state index contributed by atoms with van der Waals surface area (Å²) in [5.74, 6) is -0.619. The second kappa shape index (κ2) is 10.3. The van der Waals surface area contributed by atoms with Crippen LogP contribution in [0, 0.1) is 0 Å². The molecule has 2 rings (SSSR count). The number of benzene rings is 2. The number of carbonyl (C=O) groups is 2. The molecule has 2 aromatic carbocycles. The van der Waals surface area contributed by atoms with Gasteiger partial charge in [0, 0.05) is 12.1 Å². The van der Waals surface area contributed by atoms with Gasteiger partial charge in [-0.2, -0.15) is 0 Å². The minimum absolute atomic E-state index is 0.0136. The van der Waals surface area contributed by atoms with E-state index in [-0.39, 0.29) is 12.2 Å². The Bertz CT molecular complexity index is 791. The van der Waals surface area contributed by atoms with Crippen LogP contribution in [0.1, 0.15) is 25.3 Å². The molecule has 7 heteroatoms. The van der Waals surface area contributed by atoms with Gasteiger partial charge in [-0.3, -0.25) is 9.59 Å². The second-order valence-electron chi connectivity index (χ2n) is 6.05. The quantitative estimate of drug-likeness (QED) is 0.596. The fourth-order valence-corrected chi connectivity index (χ4v) is 2.98. The maximum atomic E-state index is 12.3. The number of hydrogen-bond acceptors (Lipinski definition) is 5. The van der Waals surface area contributed by atoms with Crippen molar-refractivity contribution in [2.75, 3.05) is 11.9 Å². The highest BCUT2D eigenvalue weighted by Gasteiger charge is 2.18. The fourth-order valence-electron chi connectivity index (χ4n) is 2.49. The highest BCUT2D eigenvalue weighted by molar-refractivity contribution is 6.39. The number of ether oxygens (including phenoxy) is 1. The zero-order valence-electron chi connectivity index (χ0n) is 15.0. The standard InChI is InChI=1S/C20H22Cl2N2O3/c1-13(18(25)10-5-11-23)27-19(26)12-14-6-2-3-9-17(14)24-20-15(21)7-4-8-16(20)22/h2-4,6-9,13,24H,5,10-12,23H2,1H3. The highest BCUT2D eigenvalue weighted by atomic mass is 35.5. The smallest absolute Gasteiger partial charge is 0.311 e. The molecular formula is C20H22Cl2N2O3. The van der Waals surface area contributed by atoms with Crippen molar-refractivity contribution in [3.8, 4) is 0 Å². The number of ketones is 1. The lowest BCUT2D eigenvalue weighted by atomic mass is 10.1. The van der Waals surface area contributed by atoms with Crippen molar-refractivity contribution in [2.24, 2.45) is 5.73 Å². The van der Waals surface area contributed by atoms with Crippen LogP contribution in [0.15, 0.2) is 42.5 Å². The van der Waals surface area contributed by atoms with Crippen molar-refractivity contribution >= 4 is 46.3 Å². The average Bonchev–Trinajstić information content (AvgIpc) is 2.64. The zero-order valence-corrected chi connectivity index (χ0v) is 16.5. The molecule has 3 N–H and O–H groups in total. The van der Waals surface area contributed by atoms with Gasteiger partial charge in [-0.05, 0) is 43.7 Å². The van der Waals surface area contributed by atoms with E-state index in [0.29, 0.717) is 46.4 Å². The van der Waals surface area contributed by atoms with Crippen molar-refractivity contribution < 1.29 is 14.3 Å². The first-order valence-corrected chi connectivity index (χ1v) is 9.39. The first-order chi connectivity index (χ1) is 12.9. The number of hydrogen-bond donors (Lipinski definition) is 2. The van der Waals surface area contributed by atoms with Crippen LogP contribution in [-0.4, -0.2) is 24.4 Å². The number of anilines is 2. The third-order valence-electron chi connectivity index (χ3n) is 3.96. The van der Waals surface area contributed by atoms with Gasteiger partial charge in [-0.1, -0.05) is 47.5 Å². The number of halogens is 2. The third kappa shape index (κ3) is 6.24. The van der Waals surface area contributed by atoms with E-state index >= 15 is 0 Å². The van der Waals surface area contributed by atoms with E-state index in [1.165, 1.54) is 0 Å². The molecule has 0 heterocycles. The number of carbonyl (C=O) groups excluding carboxylic acids is 2. The topological polar surface area (TPSA) is 81.4 Å². The van der Waals surface area contributed by atoms with Gasteiger partial charge in [0.05, 0.1) is 22.2 Å². The van der Waals surface area contributed by atoms with E-state index in [0.717, 1.165) is 0 Å². The van der Waals surface area contributed by atoms with Crippen molar-refractivity contribution in [3.05, 3.63) is 58.1 Å². The maximum absolute atomic E-state index is 12.3. The summed E-state index contributed by atoms with van der Waals surface area (Å²) in [7, 11) is 0. The van der Waals surface area contributed by atoms with Crippen LogP contribution >= 0.6 is 23.2 Å². The SMILES string of the molecule is CC(OC(=O)Cc1ccccc1Nc1c(Cl)cccc1Cl)C(=O)CCCN. The molecule has 0 amide bonds. The molecule has 5 nitrogen and oxygen atoms in total. The molecule has 0 saturated heterocycles. The summed E-state index contributed by atoms with van der Waals surface area (Å²) in [5.41, 5.74) is 7.35. The predicted molar refractivity (Wildman–Crippen MR) is 109 cm³/mol. The molecule has 0 aliphatic carbocycles. The normalized spacial score (nSPS) is 11.7. The van der Waals surface area contributed by atoms with Crippen molar-refractivity contribution in [2.45, 2.75) is 32.3 Å². The predicted octanol–water partition coefficient (Wildman–Crippen LogP) is 4.52. The van der Waals surface area contributed by atoms with Crippen LogP contribution in [0.3, 0.4) is 0 Å². The molecular weight excluding hydrogens is 387 g/mol. The highest BCUT2D eigenvalue weighted by Crippen LogP contribution is 2.33. The van der Waals surface area contributed by atoms with E-state index < -0.39 is 12.1 Å². The number of para-hydroxylation sites is 2. The molecule has 0 saturated carbocycles. The van der Waals surface area contributed by atoms with E-state index in [2.05, 4.69) is 5.32 Å². The van der Waals surface area contributed by atoms with Gasteiger partial charge < -0.3 is 15.8 Å². The molecule has 0 radical (unpaired) electrons. The van der Waals surface area contributed by atoms with Crippen LogP contribution in [0.2, 0.25) is 10.0 Å². The van der Waals surface area contributed by atoms with Crippen LogP contribution in [0.25, 0.3) is 0 Å². The van der Waals surface area contributed by atoms with Crippen LogP contribution in [0.4, 0.5) is 11.4 Å². The van der Waals surface area contributed by atoms with Crippen LogP contribution in [0.5, 0.6) is 0 Å². The van der Waals surface area contributed by atoms with E-state index in [1.807, 2.05) is 18.2 Å². The Morgan fingerprint density at radius 3 is 2.44 bits per heavy atom. The lowest BCUT2D eigenvalue weighted by Crippen LogP contribution is -2.25. The number of esters is 1. The first kappa shape index (κ1) is 21.2. The van der Waals surface area contributed by atoms with E-state index in [9.17, 15) is 9.59 Å². The van der Waals surface area contributed by atoms with Crippen LogP contribution < -0.4 is 11.1 Å². The van der Waals surface area contributed by atoms with Gasteiger partial charge in [0.25, 0.3) is 0 Å². The van der Waals surface area contributed by atoms with Gasteiger partial charge >= 0.3 is 5.97 Å². The molecule has 144 valence electrons. The number of Topliss-reactive ketones (excluding diaryl/α,β-unsaturated/α-hetero) is 1. The van der Waals surface area contributed by atoms with Crippen LogP contribution in [-0.2, 0) is 20.7 Å². The van der Waals surface area contributed by atoms with Crippen molar-refractivity contribution in [1.29, 1.82) is 0 Å². The molecule has 0 aliphatic heterocycles. The summed E-state index contributed by atoms with van der Waals surface area (Å²) in [6.45, 7) is 2.00. The Kier molecular flexibility index (Phi) is 8.10. The molecule has 0 spiro atoms. The molecule has 27 heavy (non-hydrogen) atoms. The average molecular weight is 409 g/mol. The van der Waals surface area contributed by atoms with Crippen molar-refractivity contribution in [3.63, 3.8) is 0 Å². The Morgan fingerprint density at radius 1 is 1.11 bits per heavy atom. The Labute approximate surface area is 168 Å². The first-order valence-electron chi connectivity index (χ1n) is 8.63. The Hall–Kier alpha value is -2.08. The van der Waals surface area contributed by atoms with Gasteiger partial charge in [-0.25, -0.2) is 0 Å². The van der Waals surface area contributed by atoms with E-state index in [4.69, 9.17) is 33.7 Å². The Morgan fingerprint density at radius 2 is 1.78 bits per heavy atom. The van der Waals surface area contributed by atoms with Gasteiger partial charge in [0.15, 0.2) is 11.9 Å². The van der Waals surface area contributed by atoms with Gasteiger partial charge in [0.2, 0.25) is 0 Å². The van der Waals surface area contributed by atoms with E-state index in [1.54, 1.807) is 31.2 Å². The molecule has 0 aliphatic rings. The molecule has 1 atom stereocenters. The molecule has 1 unspecified atom stereocenters.